The number of halogens is 2. The number of anilines is 1. The van der Waals surface area contributed by atoms with Gasteiger partial charge in [-0.2, -0.15) is 5.10 Å². The first kappa shape index (κ1) is 26.8. The number of nitrogens with one attached hydrogen (secondary N) is 1. The van der Waals surface area contributed by atoms with Crippen molar-refractivity contribution in [3.63, 3.8) is 0 Å². The van der Waals surface area contributed by atoms with E-state index in [-0.39, 0.29) is 34.9 Å². The first-order valence-electron chi connectivity index (χ1n) is 13.8. The second-order valence-electron chi connectivity index (χ2n) is 10.7. The number of rotatable bonds is 6. The Kier molecular flexibility index (Phi) is 6.42. The van der Waals surface area contributed by atoms with Crippen LogP contribution >= 0.6 is 0 Å². The maximum atomic E-state index is 14.0. The Morgan fingerprint density at radius 3 is 2.63 bits per heavy atom. The summed E-state index contributed by atoms with van der Waals surface area (Å²) in [4.78, 5) is 35.7. The summed E-state index contributed by atoms with van der Waals surface area (Å²) in [5.41, 5.74) is 11.0. The lowest BCUT2D eigenvalue weighted by atomic mass is 9.95. The molecule has 2 aliphatic heterocycles. The van der Waals surface area contributed by atoms with Crippen LogP contribution < -0.4 is 10.5 Å². The molecule has 3 aromatic heterocycles. The van der Waals surface area contributed by atoms with Gasteiger partial charge in [0.1, 0.15) is 5.82 Å². The molecular formula is C31H26F2N6O4. The van der Waals surface area contributed by atoms with Crippen molar-refractivity contribution in [3.8, 4) is 17.3 Å². The van der Waals surface area contributed by atoms with Crippen molar-refractivity contribution in [2.45, 2.75) is 19.9 Å². The van der Waals surface area contributed by atoms with Crippen molar-refractivity contribution in [3.05, 3.63) is 94.4 Å². The molecule has 43 heavy (non-hydrogen) atoms. The normalized spacial score (nSPS) is 14.9. The number of pyridine rings is 1. The number of hydrogen-bond donors (Lipinski definition) is 2. The van der Waals surface area contributed by atoms with Gasteiger partial charge in [0.25, 0.3) is 0 Å². The van der Waals surface area contributed by atoms with Crippen molar-refractivity contribution in [2.24, 2.45) is 5.92 Å². The highest BCUT2D eigenvalue weighted by Gasteiger charge is 2.33. The average Bonchev–Trinajstić information content (AvgIpc) is 3.58. The fraction of sp³-hybridized carbons (Fsp3) is 0.226. The third kappa shape index (κ3) is 4.59. The van der Waals surface area contributed by atoms with E-state index in [2.05, 4.69) is 15.1 Å². The highest BCUT2D eigenvalue weighted by atomic mass is 19.1. The van der Waals surface area contributed by atoms with E-state index in [0.717, 1.165) is 40.6 Å². The number of nitrogen functional groups attached to an aromatic ring is 1. The number of hydrogen-bond acceptors (Lipinski definition) is 7. The molecule has 1 amide bonds. The van der Waals surface area contributed by atoms with Gasteiger partial charge in [-0.25, -0.2) is 18.4 Å². The van der Waals surface area contributed by atoms with Crippen LogP contribution in [0.2, 0.25) is 0 Å². The third-order valence-electron chi connectivity index (χ3n) is 8.02. The van der Waals surface area contributed by atoms with Gasteiger partial charge < -0.3 is 25.1 Å². The maximum absolute atomic E-state index is 14.0. The van der Waals surface area contributed by atoms with Crippen LogP contribution in [0.4, 0.5) is 14.6 Å². The topological polar surface area (TPSA) is 128 Å². The fourth-order valence-corrected chi connectivity index (χ4v) is 5.56. The molecule has 5 aromatic rings. The average molecular weight is 585 g/mol. The molecule has 0 unspecified atom stereocenters. The summed E-state index contributed by atoms with van der Waals surface area (Å²) in [5.74, 6) is -2.50. The van der Waals surface area contributed by atoms with E-state index in [0.29, 0.717) is 43.2 Å². The maximum Gasteiger partial charge on any atom is 0.230 e. The second-order valence-corrected chi connectivity index (χ2v) is 10.7. The molecule has 5 heterocycles. The van der Waals surface area contributed by atoms with Gasteiger partial charge in [-0.3, -0.25) is 9.59 Å². The Balaban J connectivity index is 1.15. The van der Waals surface area contributed by atoms with E-state index in [1.165, 1.54) is 29.2 Å². The zero-order chi connectivity index (χ0) is 29.8. The molecule has 2 aromatic carbocycles. The number of fused-ring (bicyclic) bond motifs is 3. The van der Waals surface area contributed by atoms with E-state index in [4.69, 9.17) is 15.2 Å². The molecule has 218 valence electrons. The first-order valence-corrected chi connectivity index (χ1v) is 13.8. The summed E-state index contributed by atoms with van der Waals surface area (Å²) in [6.45, 7) is 3.79. The number of nitrogens with zero attached hydrogens (tertiary/aromatic N) is 4. The summed E-state index contributed by atoms with van der Waals surface area (Å²) in [5, 5.41) is 5.21. The molecule has 0 bridgehead atoms. The Morgan fingerprint density at radius 1 is 1.12 bits per heavy atom. The first-order chi connectivity index (χ1) is 20.8. The minimum Gasteiger partial charge on any atom is -0.433 e. The van der Waals surface area contributed by atoms with Crippen LogP contribution in [0.5, 0.6) is 11.6 Å². The van der Waals surface area contributed by atoms with E-state index < -0.39 is 17.4 Å². The minimum absolute atomic E-state index is 0.0185. The highest BCUT2D eigenvalue weighted by molar-refractivity contribution is 6.12. The predicted octanol–water partition coefficient (Wildman–Crippen LogP) is 4.47. The third-order valence-corrected chi connectivity index (χ3v) is 8.02. The van der Waals surface area contributed by atoms with Crippen molar-refractivity contribution in [1.29, 1.82) is 0 Å². The monoisotopic (exact) mass is 584 g/mol. The summed E-state index contributed by atoms with van der Waals surface area (Å²) in [6.07, 6.45) is 3.53. The number of H-pyrrole nitrogens is 1. The number of aromatic amines is 1. The Labute approximate surface area is 244 Å². The number of ether oxygens (including phenoxy) is 2. The van der Waals surface area contributed by atoms with Crippen molar-refractivity contribution < 1.29 is 27.8 Å². The van der Waals surface area contributed by atoms with Gasteiger partial charge in [-0.1, -0.05) is 12.1 Å². The SMILES string of the molecule is Cc1cc(Oc2c(F)cccc2F)ncc1-n1ncc(C(=O)c2cc3c4c(ccc3[nH]2)CCN(C(=O)C2COC2)C4)c1N. The smallest absolute Gasteiger partial charge is 0.230 e. The van der Waals surface area contributed by atoms with E-state index in [1.54, 1.807) is 13.0 Å². The van der Waals surface area contributed by atoms with E-state index in [9.17, 15) is 18.4 Å². The number of benzene rings is 2. The number of nitrogens with two attached hydrogens (primary N) is 1. The largest absolute Gasteiger partial charge is 0.433 e. The molecule has 0 spiro atoms. The number of aryl methyl sites for hydroxylation is 1. The number of ketones is 1. The number of para-hydroxylation sites is 1. The molecule has 0 saturated carbocycles. The van der Waals surface area contributed by atoms with Crippen LogP contribution in [0.25, 0.3) is 16.6 Å². The Hall–Kier alpha value is -5.10. The van der Waals surface area contributed by atoms with E-state index in [1.807, 2.05) is 17.0 Å². The second kappa shape index (κ2) is 10.3. The summed E-state index contributed by atoms with van der Waals surface area (Å²) >= 11 is 0. The minimum atomic E-state index is -0.852. The molecular weight excluding hydrogens is 558 g/mol. The summed E-state index contributed by atoms with van der Waals surface area (Å²) in [7, 11) is 0. The van der Waals surface area contributed by atoms with Crippen LogP contribution in [0.3, 0.4) is 0 Å². The van der Waals surface area contributed by atoms with Crippen LogP contribution in [0, 0.1) is 24.5 Å². The quantitative estimate of drug-likeness (QED) is 0.282. The van der Waals surface area contributed by atoms with Gasteiger partial charge in [0.2, 0.25) is 23.3 Å². The van der Waals surface area contributed by atoms with Crippen LogP contribution in [0.1, 0.15) is 32.7 Å². The van der Waals surface area contributed by atoms with Gasteiger partial charge in [0.15, 0.2) is 11.6 Å². The molecule has 1 saturated heterocycles. The standard InChI is InChI=1S/C31H26F2N6O4/c1-16-9-27(43-29-22(32)3-2-4-23(29)33)35-12-26(16)39-30(34)20(11-36-39)28(40)25-10-19-21-13-38(31(41)18-14-42-15-18)8-7-17(21)5-6-24(19)37-25/h2-6,9-12,18,37H,7-8,13-15,34H2,1H3. The molecule has 10 nitrogen and oxygen atoms in total. The van der Waals surface area contributed by atoms with Gasteiger partial charge in [-0.05, 0) is 54.3 Å². The molecule has 7 rings (SSSR count). The number of aromatic nitrogens is 4. The van der Waals surface area contributed by atoms with Gasteiger partial charge >= 0.3 is 0 Å². The van der Waals surface area contributed by atoms with Crippen LogP contribution in [-0.4, -0.2) is 56.1 Å². The highest BCUT2D eigenvalue weighted by Crippen LogP contribution is 2.32. The van der Waals surface area contributed by atoms with Gasteiger partial charge in [0.05, 0.1) is 48.5 Å². The summed E-state index contributed by atoms with van der Waals surface area (Å²) < 4.78 is 40.0. The molecule has 3 N–H and O–H groups in total. The fourth-order valence-electron chi connectivity index (χ4n) is 5.56. The van der Waals surface area contributed by atoms with E-state index >= 15 is 0 Å². The lowest BCUT2D eigenvalue weighted by molar-refractivity contribution is -0.150. The predicted molar refractivity (Wildman–Crippen MR) is 152 cm³/mol. The molecule has 0 radical (unpaired) electrons. The molecule has 0 atom stereocenters. The van der Waals surface area contributed by atoms with Gasteiger partial charge in [-0.15, -0.1) is 0 Å². The van der Waals surface area contributed by atoms with Gasteiger partial charge in [0, 0.05) is 30.1 Å². The van der Waals surface area contributed by atoms with Crippen LogP contribution in [-0.2, 0) is 22.5 Å². The molecule has 12 heteroatoms. The van der Waals surface area contributed by atoms with Crippen molar-refractivity contribution in [2.75, 3.05) is 25.5 Å². The van der Waals surface area contributed by atoms with Crippen molar-refractivity contribution in [1.82, 2.24) is 24.6 Å². The molecule has 0 aliphatic carbocycles. The Bertz CT molecular complexity index is 1910. The molecule has 1 fully saturated rings. The zero-order valence-electron chi connectivity index (χ0n) is 23.1. The number of carbonyl (C=O) groups excluding carboxylic acids is 2. The summed E-state index contributed by atoms with van der Waals surface area (Å²) in [6, 6.07) is 10.7. The zero-order valence-corrected chi connectivity index (χ0v) is 23.1. The lowest BCUT2D eigenvalue weighted by Crippen LogP contribution is -2.46. The lowest BCUT2D eigenvalue weighted by Gasteiger charge is -2.35. The Morgan fingerprint density at radius 2 is 1.91 bits per heavy atom. The number of carbonyl (C=O) groups is 2. The van der Waals surface area contributed by atoms with Crippen LogP contribution in [0.15, 0.2) is 54.9 Å². The number of amides is 1. The van der Waals surface area contributed by atoms with Crippen molar-refractivity contribution >= 4 is 28.4 Å². The molecule has 2 aliphatic rings.